The largest absolute Gasteiger partial charge is 0.379 e. The number of ether oxygens (including phenoxy) is 1. The summed E-state index contributed by atoms with van der Waals surface area (Å²) in [4.78, 5) is 12.3. The Bertz CT molecular complexity index is 619. The van der Waals surface area contributed by atoms with Crippen molar-refractivity contribution in [1.82, 2.24) is 15.5 Å². The Morgan fingerprint density at radius 3 is 2.82 bits per heavy atom. The van der Waals surface area contributed by atoms with Crippen molar-refractivity contribution >= 4 is 17.5 Å². The number of aromatic nitrogens is 2. The Morgan fingerprint density at radius 1 is 1.36 bits per heavy atom. The molecule has 116 valence electrons. The lowest BCUT2D eigenvalue weighted by molar-refractivity contribution is -0.122. The number of carbonyl (C=O) groups excluding carboxylic acids is 1. The second kappa shape index (κ2) is 6.50. The number of carbonyl (C=O) groups is 1. The second-order valence-corrected chi connectivity index (χ2v) is 6.13. The van der Waals surface area contributed by atoms with Crippen molar-refractivity contribution in [3.8, 4) is 0 Å². The van der Waals surface area contributed by atoms with Gasteiger partial charge in [-0.1, -0.05) is 23.7 Å². The Hall–Kier alpha value is -1.85. The van der Waals surface area contributed by atoms with Crippen LogP contribution in [0.5, 0.6) is 0 Å². The van der Waals surface area contributed by atoms with Crippen LogP contribution in [-0.2, 0) is 22.4 Å². The van der Waals surface area contributed by atoms with Gasteiger partial charge in [0.2, 0.25) is 5.91 Å². The number of nitrogens with zero attached hydrogens (tertiary/aromatic N) is 1. The normalized spacial score (nSPS) is 21.0. The summed E-state index contributed by atoms with van der Waals surface area (Å²) in [6, 6.07) is 9.52. The van der Waals surface area contributed by atoms with Crippen LogP contribution in [-0.4, -0.2) is 34.9 Å². The van der Waals surface area contributed by atoms with Gasteiger partial charge >= 0.3 is 0 Å². The number of benzene rings is 1. The highest BCUT2D eigenvalue weighted by molar-refractivity contribution is 6.30. The molecule has 2 N–H and O–H groups in total. The average Bonchev–Trinajstić information content (AvgIpc) is 3.14. The second-order valence-electron chi connectivity index (χ2n) is 5.69. The lowest BCUT2D eigenvalue weighted by atomic mass is 9.89. The molecule has 0 saturated carbocycles. The van der Waals surface area contributed by atoms with E-state index in [-0.39, 0.29) is 11.4 Å². The van der Waals surface area contributed by atoms with Gasteiger partial charge in [-0.15, -0.1) is 0 Å². The van der Waals surface area contributed by atoms with Crippen LogP contribution >= 0.6 is 11.6 Å². The van der Waals surface area contributed by atoms with E-state index < -0.39 is 0 Å². The van der Waals surface area contributed by atoms with Crippen molar-refractivity contribution in [2.24, 2.45) is 0 Å². The third kappa shape index (κ3) is 3.67. The monoisotopic (exact) mass is 319 g/mol. The average molecular weight is 320 g/mol. The molecule has 1 aromatic heterocycles. The first-order valence-corrected chi connectivity index (χ1v) is 7.64. The minimum atomic E-state index is -0.342. The van der Waals surface area contributed by atoms with Gasteiger partial charge in [-0.05, 0) is 36.6 Å². The lowest BCUT2D eigenvalue weighted by Gasteiger charge is -2.29. The summed E-state index contributed by atoms with van der Waals surface area (Å²) in [6.45, 7) is 1.20. The molecule has 1 aliphatic rings. The zero-order chi connectivity index (χ0) is 15.4. The van der Waals surface area contributed by atoms with Gasteiger partial charge in [-0.3, -0.25) is 9.89 Å². The minimum Gasteiger partial charge on any atom is -0.379 e. The number of nitrogens with one attached hydrogen (secondary N) is 2. The summed E-state index contributed by atoms with van der Waals surface area (Å²) in [5, 5.41) is 10.5. The molecule has 0 unspecified atom stereocenters. The summed E-state index contributed by atoms with van der Waals surface area (Å²) in [7, 11) is 0. The molecule has 0 spiro atoms. The molecular formula is C16H18ClN3O2. The number of aromatic amines is 1. The van der Waals surface area contributed by atoms with Gasteiger partial charge in [0.15, 0.2) is 0 Å². The summed E-state index contributed by atoms with van der Waals surface area (Å²) >= 11 is 5.92. The predicted molar refractivity (Wildman–Crippen MR) is 83.8 cm³/mol. The van der Waals surface area contributed by atoms with Gasteiger partial charge in [0.1, 0.15) is 0 Å². The fourth-order valence-corrected chi connectivity index (χ4v) is 2.90. The predicted octanol–water partition coefficient (Wildman–Crippen LogP) is 2.12. The molecular weight excluding hydrogens is 302 g/mol. The molecule has 3 rings (SSSR count). The van der Waals surface area contributed by atoms with Crippen molar-refractivity contribution in [3.63, 3.8) is 0 Å². The van der Waals surface area contributed by atoms with Gasteiger partial charge in [0, 0.05) is 23.5 Å². The molecule has 2 heterocycles. The van der Waals surface area contributed by atoms with Crippen LogP contribution in [0.2, 0.25) is 5.02 Å². The van der Waals surface area contributed by atoms with Crippen molar-refractivity contribution in [2.45, 2.75) is 24.8 Å². The maximum absolute atomic E-state index is 12.3. The number of H-pyrrole nitrogens is 1. The molecule has 22 heavy (non-hydrogen) atoms. The standard InChI is InChI=1S/C16H18ClN3O2/c17-13-3-1-12(2-4-13)10-16(6-8-22-11-16)19-15(21)9-14-5-7-18-20-14/h1-5,7H,6,8-11H2,(H,18,20)(H,19,21)/t16-/m1/s1. The number of hydrogen-bond acceptors (Lipinski definition) is 3. The van der Waals surface area contributed by atoms with E-state index in [1.165, 1.54) is 0 Å². The molecule has 1 saturated heterocycles. The minimum absolute atomic E-state index is 0.0243. The summed E-state index contributed by atoms with van der Waals surface area (Å²) in [5.74, 6) is -0.0243. The van der Waals surface area contributed by atoms with Crippen LogP contribution in [0.25, 0.3) is 0 Å². The fourth-order valence-electron chi connectivity index (χ4n) is 2.78. The molecule has 1 aliphatic heterocycles. The van der Waals surface area contributed by atoms with Gasteiger partial charge in [-0.2, -0.15) is 5.10 Å². The summed E-state index contributed by atoms with van der Waals surface area (Å²) in [6.07, 6.45) is 3.48. The smallest absolute Gasteiger partial charge is 0.226 e. The van der Waals surface area contributed by atoms with E-state index in [9.17, 15) is 4.79 Å². The first-order valence-electron chi connectivity index (χ1n) is 7.27. The first-order chi connectivity index (χ1) is 10.7. The molecule has 6 heteroatoms. The van der Waals surface area contributed by atoms with Crippen LogP contribution in [0.3, 0.4) is 0 Å². The number of hydrogen-bond donors (Lipinski definition) is 2. The van der Waals surface area contributed by atoms with Crippen molar-refractivity contribution < 1.29 is 9.53 Å². The number of rotatable bonds is 5. The highest BCUT2D eigenvalue weighted by Crippen LogP contribution is 2.24. The van der Waals surface area contributed by atoms with E-state index in [0.29, 0.717) is 24.7 Å². The van der Waals surface area contributed by atoms with E-state index in [0.717, 1.165) is 24.1 Å². The first kappa shape index (κ1) is 15.1. The van der Waals surface area contributed by atoms with Crippen molar-refractivity contribution in [3.05, 3.63) is 52.8 Å². The summed E-state index contributed by atoms with van der Waals surface area (Å²) < 4.78 is 5.53. The lowest BCUT2D eigenvalue weighted by Crippen LogP contribution is -2.51. The molecule has 0 radical (unpaired) electrons. The molecule has 0 aliphatic carbocycles. The van der Waals surface area contributed by atoms with E-state index in [1.54, 1.807) is 12.3 Å². The molecule has 1 amide bonds. The third-order valence-electron chi connectivity index (χ3n) is 3.87. The fraction of sp³-hybridized carbons (Fsp3) is 0.375. The van der Waals surface area contributed by atoms with E-state index in [1.807, 2.05) is 24.3 Å². The molecule has 0 bridgehead atoms. The van der Waals surface area contributed by atoms with E-state index in [2.05, 4.69) is 15.5 Å². The van der Waals surface area contributed by atoms with Gasteiger partial charge in [0.05, 0.1) is 18.6 Å². The Balaban J connectivity index is 1.68. The Kier molecular flexibility index (Phi) is 4.45. The summed E-state index contributed by atoms with van der Waals surface area (Å²) in [5.41, 5.74) is 1.60. The van der Waals surface area contributed by atoms with Crippen LogP contribution in [0, 0.1) is 0 Å². The van der Waals surface area contributed by atoms with Crippen LogP contribution in [0.1, 0.15) is 17.7 Å². The highest BCUT2D eigenvalue weighted by Gasteiger charge is 2.36. The van der Waals surface area contributed by atoms with Crippen LogP contribution in [0.4, 0.5) is 0 Å². The molecule has 1 aromatic carbocycles. The molecule has 2 aromatic rings. The van der Waals surface area contributed by atoms with Gasteiger partial charge < -0.3 is 10.1 Å². The third-order valence-corrected chi connectivity index (χ3v) is 4.13. The molecule has 1 fully saturated rings. The number of halogens is 1. The maximum Gasteiger partial charge on any atom is 0.226 e. The Labute approximate surface area is 134 Å². The van der Waals surface area contributed by atoms with Gasteiger partial charge in [0.25, 0.3) is 0 Å². The van der Waals surface area contributed by atoms with Crippen LogP contribution < -0.4 is 5.32 Å². The van der Waals surface area contributed by atoms with Gasteiger partial charge in [-0.25, -0.2) is 0 Å². The van der Waals surface area contributed by atoms with E-state index >= 15 is 0 Å². The topological polar surface area (TPSA) is 67.0 Å². The number of amides is 1. The van der Waals surface area contributed by atoms with Crippen molar-refractivity contribution in [1.29, 1.82) is 0 Å². The maximum atomic E-state index is 12.3. The quantitative estimate of drug-likeness (QED) is 0.887. The van der Waals surface area contributed by atoms with E-state index in [4.69, 9.17) is 16.3 Å². The zero-order valence-electron chi connectivity index (χ0n) is 12.1. The Morgan fingerprint density at radius 2 is 2.18 bits per heavy atom. The molecule has 5 nitrogen and oxygen atoms in total. The van der Waals surface area contributed by atoms with Crippen molar-refractivity contribution in [2.75, 3.05) is 13.2 Å². The molecule has 1 atom stereocenters. The zero-order valence-corrected chi connectivity index (χ0v) is 12.9. The van der Waals surface area contributed by atoms with Crippen LogP contribution in [0.15, 0.2) is 36.5 Å². The highest BCUT2D eigenvalue weighted by atomic mass is 35.5. The SMILES string of the molecule is O=C(Cc1ccn[nH]1)N[C@@]1(Cc2ccc(Cl)cc2)CCOC1.